The molecule has 0 aliphatic carbocycles. The minimum absolute atomic E-state index is 0.177. The van der Waals surface area contributed by atoms with Crippen molar-refractivity contribution in [2.75, 3.05) is 18.5 Å². The second-order valence-electron chi connectivity index (χ2n) is 6.35. The van der Waals surface area contributed by atoms with E-state index in [2.05, 4.69) is 47.0 Å². The van der Waals surface area contributed by atoms with E-state index in [-0.39, 0.29) is 11.0 Å². The lowest BCUT2D eigenvalue weighted by Crippen LogP contribution is -2.34. The van der Waals surface area contributed by atoms with Crippen molar-refractivity contribution in [2.45, 2.75) is 13.8 Å². The maximum Gasteiger partial charge on any atom is 0.257 e. The van der Waals surface area contributed by atoms with Crippen LogP contribution in [0.15, 0.2) is 59.6 Å². The first kappa shape index (κ1) is 21.9. The summed E-state index contributed by atoms with van der Waals surface area (Å²) in [5, 5.41) is 5.83. The number of ether oxygens (including phenoxy) is 2. The smallest absolute Gasteiger partial charge is 0.257 e. The highest BCUT2D eigenvalue weighted by atomic mass is 79.9. The third-order valence-electron chi connectivity index (χ3n) is 3.49. The predicted molar refractivity (Wildman–Crippen MR) is 120 cm³/mol. The number of hydrogen-bond donors (Lipinski definition) is 2. The number of hydrogen-bond acceptors (Lipinski definition) is 4. The average Bonchev–Trinajstić information content (AvgIpc) is 2.66. The number of carbonyl (C=O) groups excluding carboxylic acids is 1. The molecule has 0 saturated heterocycles. The van der Waals surface area contributed by atoms with E-state index < -0.39 is 0 Å². The van der Waals surface area contributed by atoms with Gasteiger partial charge in [-0.1, -0.05) is 38.6 Å². The molecular formula is C21H23BrN2O3S. The van der Waals surface area contributed by atoms with Crippen molar-refractivity contribution < 1.29 is 14.3 Å². The molecule has 1 amide bonds. The number of carbonyl (C=O) groups is 1. The van der Waals surface area contributed by atoms with Crippen LogP contribution in [0.3, 0.4) is 0 Å². The molecule has 2 rings (SSSR count). The summed E-state index contributed by atoms with van der Waals surface area (Å²) < 4.78 is 12.0. The quantitative estimate of drug-likeness (QED) is 0.418. The summed E-state index contributed by atoms with van der Waals surface area (Å²) in [4.78, 5) is 12.5. The van der Waals surface area contributed by atoms with E-state index in [1.807, 2.05) is 24.3 Å². The number of benzene rings is 2. The van der Waals surface area contributed by atoms with Crippen LogP contribution in [0.2, 0.25) is 0 Å². The number of thiocarbonyl (C=S) groups is 1. The number of halogens is 1. The molecule has 0 atom stereocenters. The lowest BCUT2D eigenvalue weighted by atomic mass is 10.2. The second kappa shape index (κ2) is 10.8. The first-order valence-electron chi connectivity index (χ1n) is 8.78. The fraction of sp³-hybridized carbons (Fsp3) is 0.238. The summed E-state index contributed by atoms with van der Waals surface area (Å²) in [6.07, 6.45) is 1.66. The minimum atomic E-state index is -0.321. The summed E-state index contributed by atoms with van der Waals surface area (Å²) in [6.45, 7) is 8.75. The Balaban J connectivity index is 2.00. The molecule has 0 fully saturated rings. The lowest BCUT2D eigenvalue weighted by Gasteiger charge is -2.14. The maximum atomic E-state index is 12.5. The zero-order valence-electron chi connectivity index (χ0n) is 15.8. The number of anilines is 1. The van der Waals surface area contributed by atoms with Gasteiger partial charge in [-0.15, -0.1) is 0 Å². The molecule has 2 aromatic carbocycles. The van der Waals surface area contributed by atoms with Gasteiger partial charge in [0, 0.05) is 5.56 Å². The van der Waals surface area contributed by atoms with Gasteiger partial charge in [-0.3, -0.25) is 10.1 Å². The average molecular weight is 463 g/mol. The van der Waals surface area contributed by atoms with Crippen molar-refractivity contribution in [3.63, 3.8) is 0 Å². The van der Waals surface area contributed by atoms with Crippen LogP contribution in [-0.4, -0.2) is 24.2 Å². The van der Waals surface area contributed by atoms with Gasteiger partial charge in [-0.2, -0.15) is 0 Å². The van der Waals surface area contributed by atoms with Crippen LogP contribution in [0.5, 0.6) is 11.5 Å². The summed E-state index contributed by atoms with van der Waals surface area (Å²) in [7, 11) is 0. The molecule has 0 saturated carbocycles. The van der Waals surface area contributed by atoms with Crippen LogP contribution in [0.4, 0.5) is 5.69 Å². The SMILES string of the molecule is C=CCOc1ccccc1NC(=S)NC(=O)c1ccc(OCC(C)C)c(Br)c1. The standard InChI is InChI=1S/C21H23BrN2O3S/c1-4-11-26-19-8-6-5-7-17(19)23-21(28)24-20(25)15-9-10-18(16(22)12-15)27-13-14(2)3/h4-10,12,14H,1,11,13H2,2-3H3,(H2,23,24,25,28). The van der Waals surface area contributed by atoms with Crippen molar-refractivity contribution in [3.8, 4) is 11.5 Å². The van der Waals surface area contributed by atoms with Gasteiger partial charge in [0.2, 0.25) is 0 Å². The topological polar surface area (TPSA) is 59.6 Å². The second-order valence-corrected chi connectivity index (χ2v) is 7.62. The van der Waals surface area contributed by atoms with Crippen LogP contribution in [-0.2, 0) is 0 Å². The molecule has 7 heteroatoms. The molecule has 0 spiro atoms. The van der Waals surface area contributed by atoms with Crippen molar-refractivity contribution in [1.29, 1.82) is 0 Å². The lowest BCUT2D eigenvalue weighted by molar-refractivity contribution is 0.0977. The number of para-hydroxylation sites is 2. The molecule has 0 radical (unpaired) electrons. The Morgan fingerprint density at radius 2 is 1.96 bits per heavy atom. The van der Waals surface area contributed by atoms with Gasteiger partial charge in [0.15, 0.2) is 5.11 Å². The van der Waals surface area contributed by atoms with Gasteiger partial charge in [0.05, 0.1) is 16.8 Å². The molecule has 28 heavy (non-hydrogen) atoms. The molecular weight excluding hydrogens is 440 g/mol. The van der Waals surface area contributed by atoms with Gasteiger partial charge in [0.25, 0.3) is 5.91 Å². The molecule has 0 aliphatic rings. The molecule has 2 N–H and O–H groups in total. The monoisotopic (exact) mass is 462 g/mol. The Morgan fingerprint density at radius 3 is 2.64 bits per heavy atom. The van der Waals surface area contributed by atoms with Gasteiger partial charge in [-0.25, -0.2) is 0 Å². The maximum absolute atomic E-state index is 12.5. The summed E-state index contributed by atoms with van der Waals surface area (Å²) in [5.74, 6) is 1.41. The highest BCUT2D eigenvalue weighted by Crippen LogP contribution is 2.27. The van der Waals surface area contributed by atoms with Crippen molar-refractivity contribution in [1.82, 2.24) is 5.32 Å². The van der Waals surface area contributed by atoms with E-state index in [0.29, 0.717) is 46.4 Å². The van der Waals surface area contributed by atoms with E-state index in [1.165, 1.54) is 0 Å². The van der Waals surface area contributed by atoms with Gasteiger partial charge in [0.1, 0.15) is 18.1 Å². The molecule has 0 aromatic heterocycles. The Kier molecular flexibility index (Phi) is 8.47. The number of rotatable bonds is 8. The zero-order valence-corrected chi connectivity index (χ0v) is 18.2. The largest absolute Gasteiger partial charge is 0.492 e. The van der Waals surface area contributed by atoms with Crippen LogP contribution >= 0.6 is 28.1 Å². The fourth-order valence-corrected chi connectivity index (χ4v) is 2.88. The van der Waals surface area contributed by atoms with E-state index in [9.17, 15) is 4.79 Å². The first-order chi connectivity index (χ1) is 13.4. The summed E-state index contributed by atoms with van der Waals surface area (Å²) in [5.41, 5.74) is 1.12. The van der Waals surface area contributed by atoms with E-state index in [4.69, 9.17) is 21.7 Å². The summed E-state index contributed by atoms with van der Waals surface area (Å²) >= 11 is 8.70. The molecule has 0 bridgehead atoms. The Morgan fingerprint density at radius 1 is 1.21 bits per heavy atom. The number of nitrogens with one attached hydrogen (secondary N) is 2. The Bertz CT molecular complexity index is 855. The third-order valence-corrected chi connectivity index (χ3v) is 4.31. The molecule has 2 aromatic rings. The highest BCUT2D eigenvalue weighted by Gasteiger charge is 2.12. The normalized spacial score (nSPS) is 10.3. The van der Waals surface area contributed by atoms with Crippen LogP contribution in [0.25, 0.3) is 0 Å². The van der Waals surface area contributed by atoms with Crippen LogP contribution < -0.4 is 20.1 Å². The third kappa shape index (κ3) is 6.65. The van der Waals surface area contributed by atoms with Gasteiger partial charge >= 0.3 is 0 Å². The van der Waals surface area contributed by atoms with Crippen molar-refractivity contribution in [2.24, 2.45) is 5.92 Å². The molecule has 0 heterocycles. The van der Waals surface area contributed by atoms with Gasteiger partial charge in [-0.05, 0) is 64.4 Å². The van der Waals surface area contributed by atoms with Gasteiger partial charge < -0.3 is 14.8 Å². The van der Waals surface area contributed by atoms with Crippen LogP contribution in [0, 0.1) is 5.92 Å². The minimum Gasteiger partial charge on any atom is -0.492 e. The van der Waals surface area contributed by atoms with E-state index in [1.54, 1.807) is 24.3 Å². The number of amides is 1. The Hall–Kier alpha value is -2.38. The molecule has 5 nitrogen and oxygen atoms in total. The van der Waals surface area contributed by atoms with Crippen molar-refractivity contribution >= 4 is 44.9 Å². The molecule has 148 valence electrons. The van der Waals surface area contributed by atoms with Crippen molar-refractivity contribution in [3.05, 3.63) is 65.2 Å². The first-order valence-corrected chi connectivity index (χ1v) is 9.98. The zero-order chi connectivity index (χ0) is 20.5. The fourth-order valence-electron chi connectivity index (χ4n) is 2.19. The molecule has 0 unspecified atom stereocenters. The predicted octanol–water partition coefficient (Wildman–Crippen LogP) is 5.18. The summed E-state index contributed by atoms with van der Waals surface area (Å²) in [6, 6.07) is 12.5. The Labute approximate surface area is 179 Å². The van der Waals surface area contributed by atoms with E-state index in [0.717, 1.165) is 0 Å². The van der Waals surface area contributed by atoms with E-state index >= 15 is 0 Å². The van der Waals surface area contributed by atoms with Crippen LogP contribution in [0.1, 0.15) is 24.2 Å². The molecule has 0 aliphatic heterocycles. The highest BCUT2D eigenvalue weighted by molar-refractivity contribution is 9.10.